The highest BCUT2D eigenvalue weighted by Crippen LogP contribution is 2.14. The van der Waals surface area contributed by atoms with Gasteiger partial charge in [0.1, 0.15) is 54.4 Å². The van der Waals surface area contributed by atoms with E-state index in [-0.39, 0.29) is 88.0 Å². The molecule has 0 spiro atoms. The number of nitrogens with two attached hydrogens (primary N) is 4. The number of carboxylic acid groups (broad SMARTS) is 5. The van der Waals surface area contributed by atoms with Crippen molar-refractivity contribution in [2.45, 2.75) is 192 Å². The van der Waals surface area contributed by atoms with Crippen LogP contribution in [0.5, 0.6) is 0 Å². The molecule has 0 unspecified atom stereocenters. The lowest BCUT2D eigenvalue weighted by Crippen LogP contribution is -2.60. The van der Waals surface area contributed by atoms with E-state index in [9.17, 15) is 87.2 Å². The molecular formula is C53H91N15O20S. The summed E-state index contributed by atoms with van der Waals surface area (Å²) in [5.74, 6) is -19.7. The van der Waals surface area contributed by atoms with Crippen LogP contribution in [-0.4, -0.2) is 206 Å². The monoisotopic (exact) mass is 1290 g/mol. The maximum absolute atomic E-state index is 14.3. The number of carbonyl (C=O) groups is 15. The van der Waals surface area contributed by atoms with E-state index in [0.29, 0.717) is 6.42 Å². The molecule has 0 saturated heterocycles. The molecule has 11 atom stereocenters. The third kappa shape index (κ3) is 34.1. The first-order valence-electron chi connectivity index (χ1n) is 28.8. The average molecular weight is 1290 g/mol. The van der Waals surface area contributed by atoms with Crippen LogP contribution < -0.4 is 76.1 Å². The highest BCUT2D eigenvalue weighted by atomic mass is 32.1. The third-order valence-corrected chi connectivity index (χ3v) is 13.5. The molecule has 0 rings (SSSR count). The van der Waals surface area contributed by atoms with Crippen LogP contribution in [0.2, 0.25) is 0 Å². The van der Waals surface area contributed by atoms with Crippen LogP contribution in [0, 0.1) is 17.8 Å². The number of nitrogens with one attached hydrogen (secondary N) is 10. The zero-order valence-electron chi connectivity index (χ0n) is 50.8. The molecule has 0 aromatic carbocycles. The predicted molar refractivity (Wildman–Crippen MR) is 319 cm³/mol. The number of rotatable bonds is 46. The number of unbranched alkanes of at least 4 members (excludes halogenated alkanes) is 1. The summed E-state index contributed by atoms with van der Waals surface area (Å²) in [6, 6.07) is -15.6. The Morgan fingerprint density at radius 2 is 0.865 bits per heavy atom. The summed E-state index contributed by atoms with van der Waals surface area (Å²) in [6.07, 6.45) is -3.68. The lowest BCUT2D eigenvalue weighted by atomic mass is 9.97. The fourth-order valence-corrected chi connectivity index (χ4v) is 8.49. The van der Waals surface area contributed by atoms with Gasteiger partial charge in [-0.05, 0) is 82.1 Å². The minimum atomic E-state index is -2.01. The molecule has 0 heterocycles. The van der Waals surface area contributed by atoms with E-state index >= 15 is 0 Å². The second-order valence-electron chi connectivity index (χ2n) is 21.8. The molecule has 0 aliphatic heterocycles. The van der Waals surface area contributed by atoms with Gasteiger partial charge in [0.25, 0.3) is 0 Å². The van der Waals surface area contributed by atoms with Crippen molar-refractivity contribution in [2.75, 3.05) is 25.4 Å². The van der Waals surface area contributed by atoms with Crippen molar-refractivity contribution in [1.29, 1.82) is 0 Å². The summed E-state index contributed by atoms with van der Waals surface area (Å²) >= 11 is 4.15. The van der Waals surface area contributed by atoms with Crippen LogP contribution in [0.3, 0.4) is 0 Å². The summed E-state index contributed by atoms with van der Waals surface area (Å²) in [5.41, 5.74) is 22.5. The lowest BCUT2D eigenvalue weighted by molar-refractivity contribution is -0.147. The molecule has 504 valence electrons. The first-order chi connectivity index (χ1) is 41.6. The van der Waals surface area contributed by atoms with Crippen molar-refractivity contribution in [3.63, 3.8) is 0 Å². The average Bonchev–Trinajstić information content (AvgIpc) is 3.65. The quantitative estimate of drug-likeness (QED) is 0.0117. The van der Waals surface area contributed by atoms with Crippen molar-refractivity contribution >= 4 is 108 Å². The van der Waals surface area contributed by atoms with Gasteiger partial charge in [0, 0.05) is 25.1 Å². The fraction of sp³-hybridized carbons (Fsp3) is 0.698. The maximum atomic E-state index is 14.3. The number of hydrogen-bond acceptors (Lipinski definition) is 19. The number of thiol groups is 1. The molecular weight excluding hydrogens is 1200 g/mol. The Kier molecular flexibility index (Phi) is 38.5. The Labute approximate surface area is 519 Å². The molecule has 0 aliphatic rings. The molecule has 0 radical (unpaired) electrons. The highest BCUT2D eigenvalue weighted by molar-refractivity contribution is 7.80. The van der Waals surface area contributed by atoms with Crippen LogP contribution in [0.25, 0.3) is 0 Å². The molecule has 36 heteroatoms. The van der Waals surface area contributed by atoms with E-state index in [1.165, 1.54) is 0 Å². The van der Waals surface area contributed by atoms with Gasteiger partial charge in [-0.15, -0.1) is 0 Å². The van der Waals surface area contributed by atoms with Crippen LogP contribution in [0.1, 0.15) is 131 Å². The summed E-state index contributed by atoms with van der Waals surface area (Å²) in [5, 5.41) is 70.3. The van der Waals surface area contributed by atoms with E-state index in [2.05, 4.69) is 65.5 Å². The molecule has 0 aromatic heterocycles. The zero-order valence-corrected chi connectivity index (χ0v) is 51.7. The Bertz CT molecular complexity index is 2480. The summed E-state index contributed by atoms with van der Waals surface area (Å²) in [4.78, 5) is 198. The summed E-state index contributed by atoms with van der Waals surface area (Å²) in [6.45, 7) is 9.13. The number of aliphatic carboxylic acids is 5. The first-order valence-corrected chi connectivity index (χ1v) is 29.4. The number of carbonyl (C=O) groups excluding carboxylic acids is 10. The Balaban J connectivity index is 6.76. The van der Waals surface area contributed by atoms with Crippen molar-refractivity contribution < 1.29 is 97.5 Å². The van der Waals surface area contributed by atoms with E-state index < -0.39 is 194 Å². The molecule has 10 amide bonds. The van der Waals surface area contributed by atoms with Gasteiger partial charge in [0.2, 0.25) is 59.1 Å². The van der Waals surface area contributed by atoms with Gasteiger partial charge in [0.15, 0.2) is 5.96 Å². The van der Waals surface area contributed by atoms with Gasteiger partial charge in [-0.1, -0.05) is 48.0 Å². The van der Waals surface area contributed by atoms with Crippen LogP contribution in [0.4, 0.5) is 0 Å². The SMILES string of the molecule is CC[C@H](C)[C@H](NC(=O)[C@H](CCCN=C(N)N)NC(=O)[C@H](CCCCN)NC(=O)[C@H](CC(C)C)NC(=O)[C@H](CS)NC(=O)[C@@H](N)CCC(=O)O)C(=O)NCC(=O)N[C@@H](CC(=O)O)C(=O)N[C@@H](CCC(=O)O)C(=O)N[C@@H](CC(C)C)C(=O)N[C@@H](CC(=O)O)C(=O)O. The molecule has 23 N–H and O–H groups in total. The van der Waals surface area contributed by atoms with Crippen LogP contribution in [-0.2, 0) is 71.9 Å². The summed E-state index contributed by atoms with van der Waals surface area (Å²) < 4.78 is 0. The van der Waals surface area contributed by atoms with Crippen molar-refractivity contribution in [1.82, 2.24) is 53.2 Å². The smallest absolute Gasteiger partial charge is 0.326 e. The van der Waals surface area contributed by atoms with Crippen molar-refractivity contribution in [3.8, 4) is 0 Å². The normalized spacial score (nSPS) is 14.7. The molecule has 0 aliphatic carbocycles. The standard InChI is InChI=1S/C53H91N15O20S/c1-7-27(6)42(51(86)59-23-37(69)60-34(21-40(74)75)49(84)63-31(14-16-39(72)73)45(80)64-33(20-26(4)5)48(83)66-35(52(87)88)22-41(76)77)68-46(81)30(12-10-18-58-53(56)57)61-44(79)29(11-8-9-17-54)62-47(82)32(19-25(2)3)65-50(85)36(24-89)67-43(78)28(55)13-15-38(70)71/h25-36,42,89H,7-24,54-55H2,1-6H3,(H,59,86)(H,60,69)(H,61,79)(H,62,82)(H,63,84)(H,64,80)(H,65,85)(H,66,83)(H,67,78)(H,68,81)(H,70,71)(H,72,73)(H,74,75)(H,76,77)(H,87,88)(H4,56,57,58)/t27-,28-,29-,30-,31-,32-,33-,34-,35-,36-,42-/m0/s1. The number of nitrogens with zero attached hydrogens (tertiary/aromatic N) is 1. The van der Waals surface area contributed by atoms with Gasteiger partial charge >= 0.3 is 29.8 Å². The second kappa shape index (κ2) is 42.5. The molecule has 0 fully saturated rings. The minimum Gasteiger partial charge on any atom is -0.481 e. The number of amides is 10. The molecule has 0 saturated carbocycles. The van der Waals surface area contributed by atoms with E-state index in [1.54, 1.807) is 41.5 Å². The lowest BCUT2D eigenvalue weighted by Gasteiger charge is -2.29. The van der Waals surface area contributed by atoms with Gasteiger partial charge in [-0.3, -0.25) is 72.1 Å². The largest absolute Gasteiger partial charge is 0.481 e. The second-order valence-corrected chi connectivity index (χ2v) is 22.2. The Morgan fingerprint density at radius 3 is 1.30 bits per heavy atom. The summed E-state index contributed by atoms with van der Waals surface area (Å²) in [7, 11) is 0. The Morgan fingerprint density at radius 1 is 0.461 bits per heavy atom. The molecule has 89 heavy (non-hydrogen) atoms. The maximum Gasteiger partial charge on any atom is 0.326 e. The van der Waals surface area contributed by atoms with E-state index in [4.69, 9.17) is 33.1 Å². The third-order valence-electron chi connectivity index (χ3n) is 13.2. The first kappa shape index (κ1) is 80.6. The number of guanidine groups is 1. The van der Waals surface area contributed by atoms with Crippen molar-refractivity contribution in [2.24, 2.45) is 45.7 Å². The van der Waals surface area contributed by atoms with Crippen LogP contribution in [0.15, 0.2) is 4.99 Å². The van der Waals surface area contributed by atoms with E-state index in [1.807, 2.05) is 5.32 Å². The van der Waals surface area contributed by atoms with Gasteiger partial charge in [-0.2, -0.15) is 12.6 Å². The van der Waals surface area contributed by atoms with E-state index in [0.717, 1.165) is 0 Å². The molecule has 0 aromatic rings. The molecule has 35 nitrogen and oxygen atoms in total. The fourth-order valence-electron chi connectivity index (χ4n) is 8.23. The highest BCUT2D eigenvalue weighted by Gasteiger charge is 2.37. The number of aliphatic imine (C=N–C) groups is 1. The van der Waals surface area contributed by atoms with Crippen molar-refractivity contribution in [3.05, 3.63) is 0 Å². The number of carboxylic acids is 5. The Hall–Kier alpha value is -8.41. The molecule has 0 bridgehead atoms. The number of hydrogen-bond donors (Lipinski definition) is 20. The zero-order chi connectivity index (χ0) is 68.2. The minimum absolute atomic E-state index is 0.0246. The van der Waals surface area contributed by atoms with Gasteiger partial charge in [0.05, 0.1) is 25.4 Å². The topological polar surface area (TPSA) is 594 Å². The van der Waals surface area contributed by atoms with Gasteiger partial charge < -0.3 is 102 Å². The predicted octanol–water partition coefficient (Wildman–Crippen LogP) is -5.19. The van der Waals surface area contributed by atoms with Crippen LogP contribution >= 0.6 is 12.6 Å². The van der Waals surface area contributed by atoms with Gasteiger partial charge in [-0.25, -0.2) is 4.79 Å².